The molecule has 1 aliphatic rings. The first-order chi connectivity index (χ1) is 16.7. The summed E-state index contributed by atoms with van der Waals surface area (Å²) in [5.41, 5.74) is 6.24. The summed E-state index contributed by atoms with van der Waals surface area (Å²) in [7, 11) is 1.39. The van der Waals surface area contributed by atoms with Crippen LogP contribution in [0.3, 0.4) is 0 Å². The first-order valence-corrected chi connectivity index (χ1v) is 11.6. The van der Waals surface area contributed by atoms with E-state index in [0.29, 0.717) is 18.4 Å². The Labute approximate surface area is 205 Å². The highest BCUT2D eigenvalue weighted by molar-refractivity contribution is 8.15. The van der Waals surface area contributed by atoms with Gasteiger partial charge in [-0.15, -0.1) is 0 Å². The summed E-state index contributed by atoms with van der Waals surface area (Å²) in [6.45, 7) is 1.17. The number of rotatable bonds is 10. The molecule has 2 atom stereocenters. The lowest BCUT2D eigenvalue weighted by Crippen LogP contribution is -2.45. The van der Waals surface area contributed by atoms with Crippen LogP contribution in [-0.2, 0) is 14.4 Å². The predicted octanol–water partition coefficient (Wildman–Crippen LogP) is 3.50. The van der Waals surface area contributed by atoms with Gasteiger partial charge in [-0.05, 0) is 43.5 Å². The number of benzene rings is 2. The number of methoxy groups -OCH3 is 1. The number of hydrogen-bond donors (Lipinski definition) is 1. The van der Waals surface area contributed by atoms with E-state index in [9.17, 15) is 23.7 Å². The van der Waals surface area contributed by atoms with Gasteiger partial charge >= 0.3 is 0 Å². The number of aliphatic imine (C=N–C) groups is 1. The second-order valence-corrected chi connectivity index (χ2v) is 9.04. The molecule has 0 saturated carbocycles. The number of thioether (sulfide) groups is 1. The second kappa shape index (κ2) is 11.4. The van der Waals surface area contributed by atoms with Crippen LogP contribution in [0.2, 0.25) is 0 Å². The molecule has 0 aromatic heterocycles. The Bertz CT molecular complexity index is 1150. The molecule has 186 valence electrons. The normalized spacial score (nSPS) is 18.9. The number of ether oxygens (including phenoxy) is 1. The van der Waals surface area contributed by atoms with Gasteiger partial charge in [-0.3, -0.25) is 19.9 Å². The largest absolute Gasteiger partial charge is 0.382 e. The number of amidine groups is 1. The topological polar surface area (TPSA) is 123 Å². The minimum atomic E-state index is -1.12. The monoisotopic (exact) mass is 505 g/mol. The van der Waals surface area contributed by atoms with Crippen molar-refractivity contribution in [1.82, 2.24) is 5.01 Å². The summed E-state index contributed by atoms with van der Waals surface area (Å²) < 4.78 is 33.8. The van der Waals surface area contributed by atoms with E-state index in [-0.39, 0.29) is 23.0 Å². The zero-order valence-corrected chi connectivity index (χ0v) is 20.0. The van der Waals surface area contributed by atoms with Crippen molar-refractivity contribution in [2.75, 3.05) is 20.2 Å². The van der Waals surface area contributed by atoms with Crippen LogP contribution in [-0.4, -0.2) is 53.0 Å². The van der Waals surface area contributed by atoms with E-state index < -0.39 is 40.0 Å². The Morgan fingerprint density at radius 2 is 2.03 bits per heavy atom. The van der Waals surface area contributed by atoms with Crippen LogP contribution in [0.4, 0.5) is 8.78 Å². The third kappa shape index (κ3) is 6.01. The number of carbonyl (C=O) groups excluding carboxylic acids is 1. The maximum Gasteiger partial charge on any atom is 0.273 e. The van der Waals surface area contributed by atoms with Gasteiger partial charge in [-0.25, -0.2) is 13.8 Å². The quantitative estimate of drug-likeness (QED) is 0.173. The van der Waals surface area contributed by atoms with Crippen LogP contribution in [0.25, 0.3) is 0 Å². The SMILES string of the molecule is CO[C@@H](C)C(=O)N1N=C(c2cc(F)ccc2F)SC1(CCCN=C(N)C[N+](=O)[O-])c1ccccc1. The van der Waals surface area contributed by atoms with Gasteiger partial charge in [-0.1, -0.05) is 42.1 Å². The first-order valence-electron chi connectivity index (χ1n) is 10.7. The molecule has 0 fully saturated rings. The molecule has 9 nitrogen and oxygen atoms in total. The molecule has 3 rings (SSSR count). The van der Waals surface area contributed by atoms with Gasteiger partial charge in [0.2, 0.25) is 0 Å². The molecule has 0 spiro atoms. The summed E-state index contributed by atoms with van der Waals surface area (Å²) in [5.74, 6) is -1.89. The number of nitrogens with zero attached hydrogens (tertiary/aromatic N) is 4. The average Bonchev–Trinajstić information content (AvgIpc) is 3.23. The number of hydrogen-bond acceptors (Lipinski definition) is 7. The molecule has 0 radical (unpaired) electrons. The lowest BCUT2D eigenvalue weighted by molar-refractivity contribution is -0.463. The number of nitro groups is 1. The fourth-order valence-electron chi connectivity index (χ4n) is 3.57. The van der Waals surface area contributed by atoms with Crippen LogP contribution < -0.4 is 5.73 Å². The summed E-state index contributed by atoms with van der Waals surface area (Å²) in [4.78, 5) is 26.3. The van der Waals surface area contributed by atoms with Crippen molar-refractivity contribution in [1.29, 1.82) is 0 Å². The minimum absolute atomic E-state index is 0.0658. The van der Waals surface area contributed by atoms with Crippen LogP contribution in [0, 0.1) is 21.7 Å². The van der Waals surface area contributed by atoms with Gasteiger partial charge in [0.15, 0.2) is 5.84 Å². The van der Waals surface area contributed by atoms with Crippen LogP contribution in [0.15, 0.2) is 58.6 Å². The van der Waals surface area contributed by atoms with E-state index >= 15 is 0 Å². The molecule has 12 heteroatoms. The van der Waals surface area contributed by atoms with E-state index in [4.69, 9.17) is 10.5 Å². The Morgan fingerprint density at radius 3 is 2.69 bits per heavy atom. The molecular formula is C23H25F2N5O4S. The molecule has 0 saturated heterocycles. The Hall–Kier alpha value is -3.38. The van der Waals surface area contributed by atoms with E-state index in [1.54, 1.807) is 19.1 Å². The van der Waals surface area contributed by atoms with Gasteiger partial charge in [-0.2, -0.15) is 5.10 Å². The molecule has 0 aliphatic carbocycles. The van der Waals surface area contributed by atoms with Gasteiger partial charge in [0.05, 0.1) is 0 Å². The standard InChI is InChI=1S/C23H25F2N5O4S/c1-15(34-2)22(31)30-23(16-7-4-3-5-8-16,11-6-12-27-20(26)14-29(32)33)35-21(28-30)18-13-17(24)9-10-19(18)25/h3-5,7-10,13,15H,6,11-12,14H2,1-2H3,(H2,26,27)/t15-,23?/m0/s1. The highest BCUT2D eigenvalue weighted by Gasteiger charge is 2.49. The van der Waals surface area contributed by atoms with Crippen LogP contribution >= 0.6 is 11.8 Å². The summed E-state index contributed by atoms with van der Waals surface area (Å²) in [5, 5.41) is 16.5. The maximum absolute atomic E-state index is 14.7. The Balaban J connectivity index is 2.03. The van der Waals surface area contributed by atoms with E-state index in [2.05, 4.69) is 10.1 Å². The summed E-state index contributed by atoms with van der Waals surface area (Å²) >= 11 is 1.13. The molecule has 0 bridgehead atoms. The highest BCUT2D eigenvalue weighted by atomic mass is 32.2. The molecular weight excluding hydrogens is 480 g/mol. The smallest absolute Gasteiger partial charge is 0.273 e. The van der Waals surface area contributed by atoms with Crippen LogP contribution in [0.5, 0.6) is 0 Å². The molecule has 1 heterocycles. The molecule has 1 unspecified atom stereocenters. The van der Waals surface area contributed by atoms with Crippen molar-refractivity contribution in [3.8, 4) is 0 Å². The number of amides is 1. The molecule has 1 amide bonds. The summed E-state index contributed by atoms with van der Waals surface area (Å²) in [6, 6.07) is 12.1. The van der Waals surface area contributed by atoms with Crippen LogP contribution in [0.1, 0.15) is 30.9 Å². The van der Waals surface area contributed by atoms with Crippen molar-refractivity contribution in [2.45, 2.75) is 30.7 Å². The molecule has 2 N–H and O–H groups in total. The molecule has 35 heavy (non-hydrogen) atoms. The van der Waals surface area contributed by atoms with Crippen molar-refractivity contribution < 1.29 is 23.2 Å². The number of carbonyl (C=O) groups is 1. The number of hydrazone groups is 1. The molecule has 1 aliphatic heterocycles. The fraction of sp³-hybridized carbons (Fsp3) is 0.348. The third-order valence-electron chi connectivity index (χ3n) is 5.37. The lowest BCUT2D eigenvalue weighted by atomic mass is 9.99. The van der Waals surface area contributed by atoms with Crippen molar-refractivity contribution in [2.24, 2.45) is 15.8 Å². The molecule has 2 aromatic rings. The van der Waals surface area contributed by atoms with Gasteiger partial charge < -0.3 is 10.5 Å². The van der Waals surface area contributed by atoms with E-state index in [1.165, 1.54) is 12.1 Å². The first kappa shape index (κ1) is 26.2. The van der Waals surface area contributed by atoms with Gasteiger partial charge in [0, 0.05) is 24.1 Å². The third-order valence-corrected chi connectivity index (χ3v) is 6.82. The Kier molecular flexibility index (Phi) is 8.52. The molecule has 2 aromatic carbocycles. The average molecular weight is 506 g/mol. The fourth-order valence-corrected chi connectivity index (χ4v) is 5.00. The van der Waals surface area contributed by atoms with Crippen molar-refractivity contribution in [3.05, 3.63) is 81.4 Å². The number of nitrogens with two attached hydrogens (primary N) is 1. The van der Waals surface area contributed by atoms with E-state index in [1.807, 2.05) is 18.2 Å². The minimum Gasteiger partial charge on any atom is -0.382 e. The second-order valence-electron chi connectivity index (χ2n) is 7.78. The van der Waals surface area contributed by atoms with Crippen molar-refractivity contribution >= 4 is 28.5 Å². The Morgan fingerprint density at radius 1 is 1.31 bits per heavy atom. The highest BCUT2D eigenvalue weighted by Crippen LogP contribution is 2.51. The van der Waals surface area contributed by atoms with Gasteiger partial charge in [0.25, 0.3) is 12.5 Å². The lowest BCUT2D eigenvalue weighted by Gasteiger charge is -2.36. The zero-order valence-electron chi connectivity index (χ0n) is 19.2. The predicted molar refractivity (Wildman–Crippen MR) is 130 cm³/mol. The van der Waals surface area contributed by atoms with E-state index in [0.717, 1.165) is 30.0 Å². The zero-order chi connectivity index (χ0) is 25.6. The maximum atomic E-state index is 14.7. The van der Waals surface area contributed by atoms with Crippen molar-refractivity contribution in [3.63, 3.8) is 0 Å². The summed E-state index contributed by atoms with van der Waals surface area (Å²) in [6.07, 6.45) is -0.184. The number of halogens is 2. The van der Waals surface area contributed by atoms with Gasteiger partial charge in [0.1, 0.15) is 27.7 Å².